The molecule has 3 N–H and O–H groups in total. The molecule has 0 aliphatic rings. The average molecular weight is 282 g/mol. The van der Waals surface area contributed by atoms with Crippen LogP contribution < -0.4 is 10.6 Å². The number of carboxylic acid groups (broad SMARTS) is 1. The fourth-order valence-electron chi connectivity index (χ4n) is 1.77. The highest BCUT2D eigenvalue weighted by atomic mass is 19.1. The van der Waals surface area contributed by atoms with Crippen LogP contribution in [0.5, 0.6) is 0 Å². The molecule has 0 saturated heterocycles. The van der Waals surface area contributed by atoms with Gasteiger partial charge >= 0.3 is 12.0 Å². The Hall–Kier alpha value is -2.11. The smallest absolute Gasteiger partial charge is 0.326 e. The molecule has 0 bridgehead atoms. The molecule has 0 spiro atoms. The summed E-state index contributed by atoms with van der Waals surface area (Å²) in [5, 5.41) is 13.9. The van der Waals surface area contributed by atoms with E-state index in [0.29, 0.717) is 25.8 Å². The van der Waals surface area contributed by atoms with Gasteiger partial charge in [-0.2, -0.15) is 0 Å². The minimum absolute atomic E-state index is 0.313. The van der Waals surface area contributed by atoms with Gasteiger partial charge in [0.05, 0.1) is 0 Å². The van der Waals surface area contributed by atoms with Gasteiger partial charge in [0.2, 0.25) is 0 Å². The van der Waals surface area contributed by atoms with Crippen LogP contribution in [0.15, 0.2) is 24.3 Å². The molecule has 0 unspecified atom stereocenters. The maximum absolute atomic E-state index is 12.9. The Balaban J connectivity index is 2.34. The van der Waals surface area contributed by atoms with Crippen LogP contribution in [-0.2, 0) is 11.2 Å². The van der Waals surface area contributed by atoms with Crippen LogP contribution >= 0.6 is 0 Å². The predicted octanol–water partition coefficient (Wildman–Crippen LogP) is 1.92. The first-order valence-electron chi connectivity index (χ1n) is 6.54. The number of aliphatic carboxylic acids is 1. The Morgan fingerprint density at radius 2 is 2.15 bits per heavy atom. The molecule has 0 aliphatic carbocycles. The van der Waals surface area contributed by atoms with E-state index in [4.69, 9.17) is 5.11 Å². The number of carbonyl (C=O) groups excluding carboxylic acids is 1. The summed E-state index contributed by atoms with van der Waals surface area (Å²) in [5.74, 6) is -1.37. The molecule has 1 atom stereocenters. The third-order valence-corrected chi connectivity index (χ3v) is 2.77. The van der Waals surface area contributed by atoms with Crippen LogP contribution in [0.3, 0.4) is 0 Å². The molecule has 1 aromatic carbocycles. The van der Waals surface area contributed by atoms with Crippen molar-refractivity contribution in [2.45, 2.75) is 32.2 Å². The molecule has 0 aliphatic heterocycles. The maximum atomic E-state index is 12.9. The van der Waals surface area contributed by atoms with Gasteiger partial charge in [0, 0.05) is 6.54 Å². The first kappa shape index (κ1) is 15.9. The van der Waals surface area contributed by atoms with Crippen molar-refractivity contribution in [1.82, 2.24) is 10.6 Å². The predicted molar refractivity (Wildman–Crippen MR) is 73.0 cm³/mol. The Labute approximate surface area is 117 Å². The third kappa shape index (κ3) is 5.69. The van der Waals surface area contributed by atoms with Crippen LogP contribution in [0.25, 0.3) is 0 Å². The van der Waals surface area contributed by atoms with Crippen LogP contribution in [0.2, 0.25) is 0 Å². The van der Waals surface area contributed by atoms with Gasteiger partial charge in [-0.25, -0.2) is 14.0 Å². The molecule has 0 saturated carbocycles. The van der Waals surface area contributed by atoms with Gasteiger partial charge < -0.3 is 15.7 Å². The summed E-state index contributed by atoms with van der Waals surface area (Å²) in [6, 6.07) is 4.71. The maximum Gasteiger partial charge on any atom is 0.326 e. The lowest BCUT2D eigenvalue weighted by atomic mass is 10.1. The number of carboxylic acids is 1. The number of benzene rings is 1. The van der Waals surface area contributed by atoms with E-state index in [-0.39, 0.29) is 5.82 Å². The van der Waals surface area contributed by atoms with Gasteiger partial charge in [-0.15, -0.1) is 0 Å². The van der Waals surface area contributed by atoms with Crippen LogP contribution in [-0.4, -0.2) is 29.7 Å². The molecule has 6 heteroatoms. The third-order valence-electron chi connectivity index (χ3n) is 2.77. The molecule has 5 nitrogen and oxygen atoms in total. The molecular weight excluding hydrogens is 263 g/mol. The quantitative estimate of drug-likeness (QED) is 0.715. The highest BCUT2D eigenvalue weighted by Crippen LogP contribution is 2.03. The van der Waals surface area contributed by atoms with E-state index in [9.17, 15) is 14.0 Å². The number of hydrogen-bond acceptors (Lipinski definition) is 2. The highest BCUT2D eigenvalue weighted by molar-refractivity contribution is 5.82. The number of amides is 2. The first-order valence-corrected chi connectivity index (χ1v) is 6.54. The van der Waals surface area contributed by atoms with Crippen molar-refractivity contribution >= 4 is 12.0 Å². The number of carbonyl (C=O) groups is 2. The highest BCUT2D eigenvalue weighted by Gasteiger charge is 2.18. The van der Waals surface area contributed by atoms with E-state index in [2.05, 4.69) is 10.6 Å². The van der Waals surface area contributed by atoms with E-state index < -0.39 is 18.0 Å². The molecule has 1 aromatic rings. The van der Waals surface area contributed by atoms with Crippen molar-refractivity contribution in [3.05, 3.63) is 35.6 Å². The molecule has 110 valence electrons. The monoisotopic (exact) mass is 282 g/mol. The van der Waals surface area contributed by atoms with Gasteiger partial charge in [0.15, 0.2) is 0 Å². The fourth-order valence-corrected chi connectivity index (χ4v) is 1.77. The molecule has 1 rings (SSSR count). The second-order valence-electron chi connectivity index (χ2n) is 4.46. The number of halogens is 1. The lowest BCUT2D eigenvalue weighted by Crippen LogP contribution is -2.46. The van der Waals surface area contributed by atoms with Crippen molar-refractivity contribution in [3.63, 3.8) is 0 Å². The number of hydrogen-bond donors (Lipinski definition) is 3. The van der Waals surface area contributed by atoms with Crippen molar-refractivity contribution in [1.29, 1.82) is 0 Å². The Morgan fingerprint density at radius 3 is 2.75 bits per heavy atom. The van der Waals surface area contributed by atoms with E-state index >= 15 is 0 Å². The van der Waals surface area contributed by atoms with Gasteiger partial charge in [0.1, 0.15) is 11.9 Å². The largest absolute Gasteiger partial charge is 0.480 e. The Kier molecular flexibility index (Phi) is 6.49. The second kappa shape index (κ2) is 8.14. The fraction of sp³-hybridized carbons (Fsp3) is 0.429. The van der Waals surface area contributed by atoms with Crippen LogP contribution in [0.1, 0.15) is 25.3 Å². The van der Waals surface area contributed by atoms with Gasteiger partial charge in [0.25, 0.3) is 0 Å². The second-order valence-corrected chi connectivity index (χ2v) is 4.46. The molecule has 20 heavy (non-hydrogen) atoms. The summed E-state index contributed by atoms with van der Waals surface area (Å²) in [5.41, 5.74) is 0.772. The summed E-state index contributed by atoms with van der Waals surface area (Å²) >= 11 is 0. The summed E-state index contributed by atoms with van der Waals surface area (Å²) in [7, 11) is 0. The van der Waals surface area contributed by atoms with Crippen LogP contribution in [0, 0.1) is 5.82 Å². The Bertz CT molecular complexity index is 465. The molecule has 2 amide bonds. The van der Waals surface area contributed by atoms with Crippen molar-refractivity contribution in [2.24, 2.45) is 0 Å². The zero-order chi connectivity index (χ0) is 15.0. The summed E-state index contributed by atoms with van der Waals surface area (Å²) in [4.78, 5) is 22.4. The molecule has 0 fully saturated rings. The molecular formula is C14H19FN2O3. The van der Waals surface area contributed by atoms with E-state index in [1.807, 2.05) is 6.92 Å². The molecule has 0 aromatic heterocycles. The van der Waals surface area contributed by atoms with Crippen molar-refractivity contribution in [2.75, 3.05) is 6.54 Å². The van der Waals surface area contributed by atoms with Crippen molar-refractivity contribution < 1.29 is 19.1 Å². The standard InChI is InChI=1S/C14H19FN2O3/c1-2-4-12(13(18)19)17-14(20)16-8-7-10-5-3-6-11(15)9-10/h3,5-6,9,12H,2,4,7-8H2,1H3,(H,18,19)(H2,16,17,20)/t12-/m0/s1. The number of rotatable bonds is 7. The molecule has 0 heterocycles. The van der Waals surface area contributed by atoms with E-state index in [1.54, 1.807) is 12.1 Å². The topological polar surface area (TPSA) is 78.4 Å². The summed E-state index contributed by atoms with van der Waals surface area (Å²) in [6.45, 7) is 2.16. The lowest BCUT2D eigenvalue weighted by molar-refractivity contribution is -0.139. The summed E-state index contributed by atoms with van der Waals surface area (Å²) < 4.78 is 12.9. The molecule has 0 radical (unpaired) electrons. The first-order chi connectivity index (χ1) is 9.52. The number of urea groups is 1. The van der Waals surface area contributed by atoms with Gasteiger partial charge in [-0.05, 0) is 30.5 Å². The van der Waals surface area contributed by atoms with Crippen LogP contribution in [0.4, 0.5) is 9.18 Å². The van der Waals surface area contributed by atoms with Crippen molar-refractivity contribution in [3.8, 4) is 0 Å². The lowest BCUT2D eigenvalue weighted by Gasteiger charge is -2.14. The van der Waals surface area contributed by atoms with E-state index in [1.165, 1.54) is 12.1 Å². The normalized spacial score (nSPS) is 11.7. The minimum atomic E-state index is -1.05. The average Bonchev–Trinajstić information content (AvgIpc) is 2.38. The Morgan fingerprint density at radius 1 is 1.40 bits per heavy atom. The van der Waals surface area contributed by atoms with Gasteiger partial charge in [-0.3, -0.25) is 0 Å². The number of nitrogens with one attached hydrogen (secondary N) is 2. The zero-order valence-electron chi connectivity index (χ0n) is 11.4. The minimum Gasteiger partial charge on any atom is -0.480 e. The zero-order valence-corrected chi connectivity index (χ0v) is 11.4. The van der Waals surface area contributed by atoms with E-state index in [0.717, 1.165) is 5.56 Å². The van der Waals surface area contributed by atoms with Gasteiger partial charge in [-0.1, -0.05) is 25.5 Å². The summed E-state index contributed by atoms with van der Waals surface area (Å²) in [6.07, 6.45) is 1.53. The SMILES string of the molecule is CCC[C@H](NC(=O)NCCc1cccc(F)c1)C(=O)O.